The standard InChI is InChI=1S/C20H26N4O2/c1-14-5-7-16(8-6-14)18-12-22-23-20(18)17-4-3-11-24(13-17)19(26)9-10-21-15(2)25/h5-8,12,17H,3-4,9-11,13H2,1-2H3,(H,21,25)(H,22,23)/t17-/m1/s1. The largest absolute Gasteiger partial charge is 0.356 e. The van der Waals surface area contributed by atoms with Crippen LogP contribution in [0.2, 0.25) is 0 Å². The summed E-state index contributed by atoms with van der Waals surface area (Å²) in [5.41, 5.74) is 4.59. The summed E-state index contributed by atoms with van der Waals surface area (Å²) < 4.78 is 0. The molecule has 0 aliphatic carbocycles. The van der Waals surface area contributed by atoms with Gasteiger partial charge in [-0.3, -0.25) is 14.7 Å². The molecule has 6 heteroatoms. The fourth-order valence-electron chi connectivity index (χ4n) is 3.51. The molecule has 26 heavy (non-hydrogen) atoms. The summed E-state index contributed by atoms with van der Waals surface area (Å²) in [6.07, 6.45) is 4.23. The lowest BCUT2D eigenvalue weighted by molar-refractivity contribution is -0.132. The highest BCUT2D eigenvalue weighted by molar-refractivity contribution is 5.78. The minimum Gasteiger partial charge on any atom is -0.356 e. The monoisotopic (exact) mass is 354 g/mol. The SMILES string of the molecule is CC(=O)NCCC(=O)N1CCC[C@@H](c2[nH]ncc2-c2ccc(C)cc2)C1. The number of amides is 2. The van der Waals surface area contributed by atoms with E-state index in [2.05, 4.69) is 46.7 Å². The summed E-state index contributed by atoms with van der Waals surface area (Å²) >= 11 is 0. The number of carbonyl (C=O) groups excluding carboxylic acids is 2. The smallest absolute Gasteiger partial charge is 0.224 e. The fourth-order valence-corrected chi connectivity index (χ4v) is 3.51. The van der Waals surface area contributed by atoms with Crippen LogP contribution in [-0.4, -0.2) is 46.5 Å². The Morgan fingerprint density at radius 2 is 2.08 bits per heavy atom. The zero-order chi connectivity index (χ0) is 18.5. The van der Waals surface area contributed by atoms with Crippen LogP contribution in [0.3, 0.4) is 0 Å². The number of aromatic nitrogens is 2. The van der Waals surface area contributed by atoms with Gasteiger partial charge >= 0.3 is 0 Å². The summed E-state index contributed by atoms with van der Waals surface area (Å²) in [5.74, 6) is 0.252. The van der Waals surface area contributed by atoms with Crippen molar-refractivity contribution in [2.24, 2.45) is 0 Å². The number of nitrogens with zero attached hydrogens (tertiary/aromatic N) is 2. The normalized spacial score (nSPS) is 17.2. The second-order valence-corrected chi connectivity index (χ2v) is 6.98. The van der Waals surface area contributed by atoms with E-state index in [1.54, 1.807) is 0 Å². The van der Waals surface area contributed by atoms with Crippen molar-refractivity contribution >= 4 is 11.8 Å². The van der Waals surface area contributed by atoms with Crippen molar-refractivity contribution in [2.75, 3.05) is 19.6 Å². The number of nitrogens with one attached hydrogen (secondary N) is 2. The average molecular weight is 354 g/mol. The highest BCUT2D eigenvalue weighted by Crippen LogP contribution is 2.33. The maximum atomic E-state index is 12.4. The Balaban J connectivity index is 1.68. The van der Waals surface area contributed by atoms with Gasteiger partial charge in [0.2, 0.25) is 11.8 Å². The number of benzene rings is 1. The predicted molar refractivity (Wildman–Crippen MR) is 101 cm³/mol. The van der Waals surface area contributed by atoms with Gasteiger partial charge in [-0.15, -0.1) is 0 Å². The Labute approximate surface area is 154 Å². The van der Waals surface area contributed by atoms with Crippen molar-refractivity contribution in [1.82, 2.24) is 20.4 Å². The number of hydrogen-bond acceptors (Lipinski definition) is 3. The zero-order valence-electron chi connectivity index (χ0n) is 15.4. The molecule has 2 aromatic rings. The molecule has 1 aromatic carbocycles. The van der Waals surface area contributed by atoms with Gasteiger partial charge < -0.3 is 10.2 Å². The predicted octanol–water partition coefficient (Wildman–Crippen LogP) is 2.62. The number of likely N-dealkylation sites (tertiary alicyclic amines) is 1. The van der Waals surface area contributed by atoms with Gasteiger partial charge in [0.25, 0.3) is 0 Å². The summed E-state index contributed by atoms with van der Waals surface area (Å²) in [4.78, 5) is 25.3. The number of rotatable bonds is 5. The lowest BCUT2D eigenvalue weighted by Gasteiger charge is -2.33. The van der Waals surface area contributed by atoms with Crippen LogP contribution >= 0.6 is 0 Å². The van der Waals surface area contributed by atoms with Gasteiger partial charge in [0, 0.05) is 50.2 Å². The quantitative estimate of drug-likeness (QED) is 0.866. The molecule has 0 saturated carbocycles. The molecule has 1 aliphatic rings. The first-order chi connectivity index (χ1) is 12.5. The first-order valence-electron chi connectivity index (χ1n) is 9.17. The third-order valence-corrected chi connectivity index (χ3v) is 4.93. The van der Waals surface area contributed by atoms with Crippen LogP contribution in [-0.2, 0) is 9.59 Å². The van der Waals surface area contributed by atoms with Gasteiger partial charge in [-0.05, 0) is 25.3 Å². The number of H-pyrrole nitrogens is 1. The van der Waals surface area contributed by atoms with Crippen molar-refractivity contribution in [3.63, 3.8) is 0 Å². The van der Waals surface area contributed by atoms with Gasteiger partial charge in [-0.1, -0.05) is 29.8 Å². The van der Waals surface area contributed by atoms with Crippen molar-refractivity contribution < 1.29 is 9.59 Å². The lowest BCUT2D eigenvalue weighted by atomic mass is 9.90. The molecule has 2 N–H and O–H groups in total. The molecular weight excluding hydrogens is 328 g/mol. The second kappa shape index (κ2) is 8.17. The maximum Gasteiger partial charge on any atom is 0.224 e. The Morgan fingerprint density at radius 1 is 1.31 bits per heavy atom. The Kier molecular flexibility index (Phi) is 5.71. The van der Waals surface area contributed by atoms with E-state index in [4.69, 9.17) is 0 Å². The molecule has 1 saturated heterocycles. The minimum atomic E-state index is -0.102. The van der Waals surface area contributed by atoms with E-state index in [0.717, 1.165) is 36.2 Å². The summed E-state index contributed by atoms with van der Waals surface area (Å²) in [6.45, 7) is 5.41. The number of aryl methyl sites for hydroxylation is 1. The minimum absolute atomic E-state index is 0.0971. The van der Waals surface area contributed by atoms with Crippen LogP contribution in [0.15, 0.2) is 30.5 Å². The molecule has 0 unspecified atom stereocenters. The van der Waals surface area contributed by atoms with Crippen LogP contribution in [0.4, 0.5) is 0 Å². The molecule has 0 spiro atoms. The highest BCUT2D eigenvalue weighted by atomic mass is 16.2. The molecular formula is C20H26N4O2. The van der Waals surface area contributed by atoms with Gasteiger partial charge in [0.1, 0.15) is 0 Å². The molecule has 138 valence electrons. The zero-order valence-corrected chi connectivity index (χ0v) is 15.4. The summed E-state index contributed by atoms with van der Waals surface area (Å²) in [5, 5.41) is 10.1. The van der Waals surface area contributed by atoms with Gasteiger partial charge in [0.15, 0.2) is 0 Å². The third-order valence-electron chi connectivity index (χ3n) is 4.93. The van der Waals surface area contributed by atoms with Gasteiger partial charge in [-0.25, -0.2) is 0 Å². The number of hydrogen-bond donors (Lipinski definition) is 2. The van der Waals surface area contributed by atoms with E-state index in [9.17, 15) is 9.59 Å². The van der Waals surface area contributed by atoms with E-state index >= 15 is 0 Å². The Bertz CT molecular complexity index is 766. The molecule has 1 aliphatic heterocycles. The van der Waals surface area contributed by atoms with Crippen LogP contribution in [0, 0.1) is 6.92 Å². The fraction of sp³-hybridized carbons (Fsp3) is 0.450. The van der Waals surface area contributed by atoms with Crippen molar-refractivity contribution in [3.8, 4) is 11.1 Å². The van der Waals surface area contributed by atoms with Crippen LogP contribution in [0.5, 0.6) is 0 Å². The van der Waals surface area contributed by atoms with Crippen molar-refractivity contribution in [2.45, 2.75) is 39.0 Å². The second-order valence-electron chi connectivity index (χ2n) is 6.98. The first kappa shape index (κ1) is 18.2. The topological polar surface area (TPSA) is 78.1 Å². The van der Waals surface area contributed by atoms with Crippen LogP contribution in [0.25, 0.3) is 11.1 Å². The summed E-state index contributed by atoms with van der Waals surface area (Å²) in [7, 11) is 0. The molecule has 1 atom stereocenters. The molecule has 6 nitrogen and oxygen atoms in total. The number of piperidine rings is 1. The summed E-state index contributed by atoms with van der Waals surface area (Å²) in [6, 6.07) is 8.43. The first-order valence-corrected chi connectivity index (χ1v) is 9.17. The molecule has 0 radical (unpaired) electrons. The van der Waals surface area contributed by atoms with E-state index < -0.39 is 0 Å². The number of aromatic amines is 1. The average Bonchev–Trinajstić information content (AvgIpc) is 3.12. The van der Waals surface area contributed by atoms with E-state index in [-0.39, 0.29) is 17.7 Å². The molecule has 2 amide bonds. The van der Waals surface area contributed by atoms with Gasteiger partial charge in [0.05, 0.1) is 6.20 Å². The van der Waals surface area contributed by atoms with E-state index in [0.29, 0.717) is 19.5 Å². The van der Waals surface area contributed by atoms with Gasteiger partial charge in [-0.2, -0.15) is 5.10 Å². The lowest BCUT2D eigenvalue weighted by Crippen LogP contribution is -2.40. The highest BCUT2D eigenvalue weighted by Gasteiger charge is 2.27. The van der Waals surface area contributed by atoms with Crippen molar-refractivity contribution in [3.05, 3.63) is 41.7 Å². The molecule has 1 fully saturated rings. The van der Waals surface area contributed by atoms with Crippen LogP contribution < -0.4 is 5.32 Å². The third kappa shape index (κ3) is 4.31. The van der Waals surface area contributed by atoms with E-state index in [1.807, 2.05) is 11.1 Å². The Hall–Kier alpha value is -2.63. The molecule has 0 bridgehead atoms. The van der Waals surface area contributed by atoms with Crippen molar-refractivity contribution in [1.29, 1.82) is 0 Å². The molecule has 1 aromatic heterocycles. The maximum absolute atomic E-state index is 12.4. The molecule has 2 heterocycles. The van der Waals surface area contributed by atoms with E-state index in [1.165, 1.54) is 12.5 Å². The number of carbonyl (C=O) groups is 2. The molecule has 3 rings (SSSR count). The Morgan fingerprint density at radius 3 is 2.81 bits per heavy atom. The van der Waals surface area contributed by atoms with Crippen LogP contribution in [0.1, 0.15) is 43.4 Å².